The highest BCUT2D eigenvalue weighted by molar-refractivity contribution is 8.29. The van der Waals surface area contributed by atoms with Gasteiger partial charge in [0.25, 0.3) is 0 Å². The minimum Gasteiger partial charge on any atom is -0.382 e. The molecule has 0 aromatic heterocycles. The van der Waals surface area contributed by atoms with Crippen molar-refractivity contribution in [3.05, 3.63) is 10.4 Å². The van der Waals surface area contributed by atoms with Gasteiger partial charge in [-0.1, -0.05) is 0 Å². The van der Waals surface area contributed by atoms with Gasteiger partial charge >= 0.3 is 0 Å². The fourth-order valence-electron chi connectivity index (χ4n) is 0.825. The summed E-state index contributed by atoms with van der Waals surface area (Å²) in [5.74, 6) is 0. The van der Waals surface area contributed by atoms with Crippen molar-refractivity contribution in [2.75, 3.05) is 19.2 Å². The van der Waals surface area contributed by atoms with Gasteiger partial charge in [-0.3, -0.25) is 0 Å². The molecule has 7 heteroatoms. The summed E-state index contributed by atoms with van der Waals surface area (Å²) in [6.45, 7) is 0. The van der Waals surface area contributed by atoms with E-state index in [1.807, 2.05) is 0 Å². The molecule has 0 amide bonds. The molecule has 1 rings (SSSR count). The van der Waals surface area contributed by atoms with E-state index < -0.39 is 29.0 Å². The standard InChI is InChI=1S/C5H9NO4S2/c1-6(2)3-5-11(7,8)4-12(5,9)10/h3H,4H2,1-2H3. The van der Waals surface area contributed by atoms with Gasteiger partial charge in [-0.25, -0.2) is 16.8 Å². The van der Waals surface area contributed by atoms with Gasteiger partial charge in [-0.2, -0.15) is 0 Å². The minimum atomic E-state index is -3.49. The van der Waals surface area contributed by atoms with Crippen LogP contribution in [0, 0.1) is 0 Å². The van der Waals surface area contributed by atoms with E-state index in [0.717, 1.165) is 6.20 Å². The number of nitrogens with zero attached hydrogens (tertiary/aromatic N) is 1. The summed E-state index contributed by atoms with van der Waals surface area (Å²) in [6.07, 6.45) is 1.11. The molecule has 0 saturated carbocycles. The Bertz CT molecular complexity index is 380. The Morgan fingerprint density at radius 1 is 1.17 bits per heavy atom. The molecule has 0 unspecified atom stereocenters. The first-order valence-electron chi connectivity index (χ1n) is 3.09. The first-order chi connectivity index (χ1) is 5.26. The Balaban J connectivity index is 3.20. The molecule has 0 aromatic rings. The van der Waals surface area contributed by atoms with Crippen LogP contribution in [0.15, 0.2) is 10.4 Å². The maximum atomic E-state index is 10.9. The maximum Gasteiger partial charge on any atom is 0.205 e. The lowest BCUT2D eigenvalue weighted by Gasteiger charge is -2.19. The molecule has 12 heavy (non-hydrogen) atoms. The highest BCUT2D eigenvalue weighted by Gasteiger charge is 2.45. The third-order valence-electron chi connectivity index (χ3n) is 1.29. The molecule has 0 aromatic carbocycles. The zero-order valence-electron chi connectivity index (χ0n) is 6.68. The van der Waals surface area contributed by atoms with Gasteiger partial charge in [0.1, 0.15) is 0 Å². The smallest absolute Gasteiger partial charge is 0.205 e. The van der Waals surface area contributed by atoms with Crippen LogP contribution in [0.1, 0.15) is 0 Å². The van der Waals surface area contributed by atoms with Crippen LogP contribution in [-0.4, -0.2) is 40.9 Å². The van der Waals surface area contributed by atoms with E-state index in [2.05, 4.69) is 0 Å². The Hall–Kier alpha value is -0.560. The number of rotatable bonds is 1. The molecule has 70 valence electrons. The summed E-state index contributed by atoms with van der Waals surface area (Å²) in [4.78, 5) is 1.39. The molecule has 1 aliphatic heterocycles. The molecule has 0 aliphatic carbocycles. The lowest BCUT2D eigenvalue weighted by atomic mass is 10.8. The third kappa shape index (κ3) is 1.46. The summed E-state index contributed by atoms with van der Waals surface area (Å²) in [7, 11) is -3.86. The van der Waals surface area contributed by atoms with E-state index in [0.29, 0.717) is 0 Å². The molecule has 0 radical (unpaired) electrons. The topological polar surface area (TPSA) is 71.5 Å². The van der Waals surface area contributed by atoms with Crippen molar-refractivity contribution in [1.82, 2.24) is 4.90 Å². The SMILES string of the molecule is CN(C)C=C1S(=O)(=O)CS1(=O)=O. The number of sulfone groups is 2. The van der Waals surface area contributed by atoms with Crippen molar-refractivity contribution < 1.29 is 16.8 Å². The minimum absolute atomic E-state index is 0.472. The molecule has 1 heterocycles. The van der Waals surface area contributed by atoms with Crippen LogP contribution in [0.2, 0.25) is 0 Å². The highest BCUT2D eigenvalue weighted by Crippen LogP contribution is 2.29. The average Bonchev–Trinajstić information content (AvgIpc) is 1.80. The van der Waals surface area contributed by atoms with Crippen LogP contribution in [-0.2, 0) is 19.7 Å². The van der Waals surface area contributed by atoms with Crippen LogP contribution >= 0.6 is 0 Å². The van der Waals surface area contributed by atoms with Crippen molar-refractivity contribution in [2.24, 2.45) is 0 Å². The predicted octanol–water partition coefficient (Wildman–Crippen LogP) is -0.852. The third-order valence-corrected chi connectivity index (χ3v) is 6.73. The van der Waals surface area contributed by atoms with Crippen molar-refractivity contribution in [3.8, 4) is 0 Å². The molecule has 1 aliphatic rings. The first-order valence-corrected chi connectivity index (χ1v) is 6.40. The molecular weight excluding hydrogens is 202 g/mol. The lowest BCUT2D eigenvalue weighted by molar-refractivity contribution is 0.553. The summed E-state index contributed by atoms with van der Waals surface area (Å²) in [5, 5.41) is -0.750. The normalized spacial score (nSPS) is 24.3. The second-order valence-corrected chi connectivity index (χ2v) is 7.30. The largest absolute Gasteiger partial charge is 0.382 e. The molecule has 1 fully saturated rings. The van der Waals surface area contributed by atoms with E-state index >= 15 is 0 Å². The summed E-state index contributed by atoms with van der Waals surface area (Å²) in [6, 6.07) is 0. The van der Waals surface area contributed by atoms with E-state index in [4.69, 9.17) is 0 Å². The number of hydrogen-bond acceptors (Lipinski definition) is 5. The van der Waals surface area contributed by atoms with Crippen LogP contribution in [0.4, 0.5) is 0 Å². The molecular formula is C5H9NO4S2. The van der Waals surface area contributed by atoms with Gasteiger partial charge in [-0.05, 0) is 0 Å². The van der Waals surface area contributed by atoms with Gasteiger partial charge in [0.15, 0.2) is 9.32 Å². The van der Waals surface area contributed by atoms with Crippen LogP contribution in [0.5, 0.6) is 0 Å². The molecule has 5 nitrogen and oxygen atoms in total. The summed E-state index contributed by atoms with van der Waals surface area (Å²) in [5.41, 5.74) is 0. The fourth-order valence-corrected chi connectivity index (χ4v) is 5.20. The Morgan fingerprint density at radius 3 is 1.75 bits per heavy atom. The van der Waals surface area contributed by atoms with Gasteiger partial charge in [0, 0.05) is 20.3 Å². The van der Waals surface area contributed by atoms with Crippen molar-refractivity contribution in [3.63, 3.8) is 0 Å². The maximum absolute atomic E-state index is 10.9. The second-order valence-electron chi connectivity index (χ2n) is 2.76. The van der Waals surface area contributed by atoms with Gasteiger partial charge in [-0.15, -0.1) is 0 Å². The zero-order valence-corrected chi connectivity index (χ0v) is 8.31. The van der Waals surface area contributed by atoms with Gasteiger partial charge in [0.2, 0.25) is 19.7 Å². The highest BCUT2D eigenvalue weighted by atomic mass is 32.3. The molecule has 1 saturated heterocycles. The molecule has 0 N–H and O–H groups in total. The van der Waals surface area contributed by atoms with Crippen molar-refractivity contribution >= 4 is 19.7 Å². The molecule has 0 bridgehead atoms. The Kier molecular flexibility index (Phi) is 1.95. The quantitative estimate of drug-likeness (QED) is 0.565. The van der Waals surface area contributed by atoms with Gasteiger partial charge < -0.3 is 4.90 Å². The zero-order chi connectivity index (χ0) is 9.57. The van der Waals surface area contributed by atoms with Crippen LogP contribution in [0.3, 0.4) is 0 Å². The monoisotopic (exact) mass is 211 g/mol. The Morgan fingerprint density at radius 2 is 1.58 bits per heavy atom. The molecule has 0 spiro atoms. The van der Waals surface area contributed by atoms with E-state index in [1.54, 1.807) is 14.1 Å². The average molecular weight is 211 g/mol. The summed E-state index contributed by atoms with van der Waals surface area (Å²) < 4.78 is 43.1. The van der Waals surface area contributed by atoms with E-state index in [-0.39, 0.29) is 0 Å². The number of hydrogen-bond donors (Lipinski definition) is 0. The second kappa shape index (κ2) is 2.46. The van der Waals surface area contributed by atoms with E-state index in [9.17, 15) is 16.8 Å². The fraction of sp³-hybridized carbons (Fsp3) is 0.600. The van der Waals surface area contributed by atoms with E-state index in [1.165, 1.54) is 4.90 Å². The summed E-state index contributed by atoms with van der Waals surface area (Å²) >= 11 is 0. The van der Waals surface area contributed by atoms with Crippen LogP contribution < -0.4 is 0 Å². The predicted molar refractivity (Wildman–Crippen MR) is 44.5 cm³/mol. The van der Waals surface area contributed by atoms with Gasteiger partial charge in [0.05, 0.1) is 0 Å². The van der Waals surface area contributed by atoms with Crippen molar-refractivity contribution in [1.29, 1.82) is 0 Å². The van der Waals surface area contributed by atoms with Crippen molar-refractivity contribution in [2.45, 2.75) is 0 Å². The molecule has 0 atom stereocenters. The van der Waals surface area contributed by atoms with Crippen LogP contribution in [0.25, 0.3) is 0 Å². The lowest BCUT2D eigenvalue weighted by Crippen LogP contribution is -2.35. The Labute approximate surface area is 71.5 Å². The first kappa shape index (κ1) is 9.53.